The summed E-state index contributed by atoms with van der Waals surface area (Å²) in [6.45, 7) is 5.85. The van der Waals surface area contributed by atoms with E-state index in [2.05, 4.69) is 41.4 Å². The Kier molecular flexibility index (Phi) is 6.22. The fourth-order valence-electron chi connectivity index (χ4n) is 3.07. The van der Waals surface area contributed by atoms with Gasteiger partial charge in [0.15, 0.2) is 0 Å². The van der Waals surface area contributed by atoms with Crippen LogP contribution in [-0.2, 0) is 12.8 Å². The molecule has 0 aromatic heterocycles. The third-order valence-electron chi connectivity index (χ3n) is 4.92. The number of fused-ring (bicyclic) bond motifs is 1. The molecule has 0 radical (unpaired) electrons. The molecule has 0 saturated heterocycles. The molecule has 2 N–H and O–H groups in total. The van der Waals surface area contributed by atoms with Crippen molar-refractivity contribution >= 4 is 0 Å². The van der Waals surface area contributed by atoms with Gasteiger partial charge in [0.1, 0.15) is 0 Å². The smallest absolute Gasteiger partial charge is 0.0610 e. The van der Waals surface area contributed by atoms with Crippen molar-refractivity contribution in [3.63, 3.8) is 0 Å². The highest BCUT2D eigenvalue weighted by Crippen LogP contribution is 2.17. The van der Waals surface area contributed by atoms with Crippen molar-refractivity contribution in [1.82, 2.24) is 10.2 Å². The first kappa shape index (κ1) is 16.5. The van der Waals surface area contributed by atoms with Crippen molar-refractivity contribution in [1.29, 1.82) is 0 Å². The van der Waals surface area contributed by atoms with E-state index in [9.17, 15) is 5.11 Å². The molecule has 0 spiro atoms. The zero-order valence-corrected chi connectivity index (χ0v) is 13.6. The monoisotopic (exact) mass is 290 g/mol. The lowest BCUT2D eigenvalue weighted by molar-refractivity contribution is 0.168. The third kappa shape index (κ3) is 4.80. The topological polar surface area (TPSA) is 35.5 Å². The van der Waals surface area contributed by atoms with Gasteiger partial charge in [-0.2, -0.15) is 0 Å². The van der Waals surface area contributed by atoms with E-state index in [0.29, 0.717) is 0 Å². The lowest BCUT2D eigenvalue weighted by Gasteiger charge is -2.27. The number of nitrogens with one attached hydrogen (secondary N) is 1. The van der Waals surface area contributed by atoms with Crippen LogP contribution in [0.2, 0.25) is 0 Å². The number of hydrogen-bond donors (Lipinski definition) is 2. The minimum Gasteiger partial charge on any atom is -0.394 e. The molecule has 1 atom stereocenters. The Morgan fingerprint density at radius 3 is 2.29 bits per heavy atom. The van der Waals surface area contributed by atoms with Crippen LogP contribution < -0.4 is 5.32 Å². The maximum atomic E-state index is 9.40. The third-order valence-corrected chi connectivity index (χ3v) is 4.92. The first-order valence-corrected chi connectivity index (χ1v) is 8.26. The zero-order chi connectivity index (χ0) is 15.1. The normalized spacial score (nSPS) is 18.8. The van der Waals surface area contributed by atoms with Crippen LogP contribution in [0, 0.1) is 0 Å². The molecule has 3 heteroatoms. The van der Waals surface area contributed by atoms with E-state index in [1.165, 1.54) is 56.4 Å². The number of aliphatic hydroxyl groups excluding tert-OH is 1. The second kappa shape index (κ2) is 7.92. The molecule has 0 bridgehead atoms. The van der Waals surface area contributed by atoms with Gasteiger partial charge in [0.2, 0.25) is 0 Å². The Bertz CT molecular complexity index is 402. The predicted molar refractivity (Wildman–Crippen MR) is 88.7 cm³/mol. The first-order valence-electron chi connectivity index (χ1n) is 8.26. The molecule has 1 heterocycles. The molecule has 1 aliphatic heterocycles. The average molecular weight is 290 g/mol. The van der Waals surface area contributed by atoms with Gasteiger partial charge < -0.3 is 15.3 Å². The molecule has 0 fully saturated rings. The van der Waals surface area contributed by atoms with E-state index >= 15 is 0 Å². The van der Waals surface area contributed by atoms with Crippen LogP contribution in [0.15, 0.2) is 24.3 Å². The van der Waals surface area contributed by atoms with Gasteiger partial charge in [-0.1, -0.05) is 30.7 Å². The quantitative estimate of drug-likeness (QED) is 0.756. The van der Waals surface area contributed by atoms with Gasteiger partial charge in [0, 0.05) is 18.6 Å². The number of rotatable bonds is 7. The zero-order valence-electron chi connectivity index (χ0n) is 13.6. The number of unbranched alkanes of at least 4 members (excludes halogenated alkanes) is 1. The van der Waals surface area contributed by atoms with Crippen LogP contribution in [-0.4, -0.2) is 48.8 Å². The minimum atomic E-state index is -0.116. The molecule has 0 amide bonds. The van der Waals surface area contributed by atoms with Gasteiger partial charge in [-0.05, 0) is 57.3 Å². The molecule has 1 unspecified atom stereocenters. The largest absolute Gasteiger partial charge is 0.394 e. The van der Waals surface area contributed by atoms with Gasteiger partial charge in [-0.3, -0.25) is 0 Å². The van der Waals surface area contributed by atoms with E-state index in [1.54, 1.807) is 0 Å². The van der Waals surface area contributed by atoms with Gasteiger partial charge in [-0.25, -0.2) is 0 Å². The number of likely N-dealkylation sites (N-methyl/N-ethyl adjacent to an activating group) is 1. The highest BCUT2D eigenvalue weighted by atomic mass is 16.3. The summed E-state index contributed by atoms with van der Waals surface area (Å²) in [5.41, 5.74) is 2.95. The lowest BCUT2D eigenvalue weighted by atomic mass is 9.96. The molecule has 3 nitrogen and oxygen atoms in total. The molecule has 118 valence electrons. The highest BCUT2D eigenvalue weighted by molar-refractivity contribution is 5.28. The van der Waals surface area contributed by atoms with Crippen LogP contribution in [0.25, 0.3) is 0 Å². The van der Waals surface area contributed by atoms with E-state index in [1.807, 2.05) is 7.05 Å². The molecule has 0 aliphatic carbocycles. The summed E-state index contributed by atoms with van der Waals surface area (Å²) >= 11 is 0. The standard InChI is InChI=1S/C18H30N2O/c1-18(15-21,19-2)11-5-6-12-20-13-9-16-7-3-4-8-17(16)10-14-20/h3-4,7-8,19,21H,5-6,9-15H2,1-2H3. The summed E-state index contributed by atoms with van der Waals surface area (Å²) in [6, 6.07) is 8.86. The minimum absolute atomic E-state index is 0.116. The Labute approximate surface area is 129 Å². The second-order valence-electron chi connectivity index (χ2n) is 6.54. The van der Waals surface area contributed by atoms with Crippen molar-refractivity contribution < 1.29 is 5.11 Å². The summed E-state index contributed by atoms with van der Waals surface area (Å²) in [5, 5.41) is 12.6. The molecule has 1 aliphatic rings. The van der Waals surface area contributed by atoms with Gasteiger partial charge >= 0.3 is 0 Å². The molecule has 2 rings (SSSR count). The summed E-state index contributed by atoms with van der Waals surface area (Å²) in [5.74, 6) is 0. The summed E-state index contributed by atoms with van der Waals surface area (Å²) in [4.78, 5) is 2.59. The van der Waals surface area contributed by atoms with Crippen molar-refractivity contribution in [3.8, 4) is 0 Å². The Morgan fingerprint density at radius 1 is 1.14 bits per heavy atom. The number of benzene rings is 1. The van der Waals surface area contributed by atoms with Crippen LogP contribution in [0.1, 0.15) is 37.3 Å². The van der Waals surface area contributed by atoms with Crippen molar-refractivity contribution in [2.24, 2.45) is 0 Å². The van der Waals surface area contributed by atoms with E-state index in [-0.39, 0.29) is 12.1 Å². The second-order valence-corrected chi connectivity index (χ2v) is 6.54. The number of aliphatic hydroxyl groups is 1. The molecule has 1 aromatic rings. The predicted octanol–water partition coefficient (Wildman–Crippen LogP) is 2.23. The summed E-state index contributed by atoms with van der Waals surface area (Å²) < 4.78 is 0. The fourth-order valence-corrected chi connectivity index (χ4v) is 3.07. The Balaban J connectivity index is 1.71. The van der Waals surface area contributed by atoms with Crippen LogP contribution in [0.3, 0.4) is 0 Å². The molecule has 21 heavy (non-hydrogen) atoms. The summed E-state index contributed by atoms with van der Waals surface area (Å²) in [7, 11) is 1.93. The molecule has 1 aromatic carbocycles. The Hall–Kier alpha value is -0.900. The lowest BCUT2D eigenvalue weighted by Crippen LogP contribution is -2.43. The maximum absolute atomic E-state index is 9.40. The number of hydrogen-bond acceptors (Lipinski definition) is 3. The van der Waals surface area contributed by atoms with Crippen LogP contribution in [0.4, 0.5) is 0 Å². The summed E-state index contributed by atoms with van der Waals surface area (Å²) in [6.07, 6.45) is 5.78. The maximum Gasteiger partial charge on any atom is 0.0610 e. The van der Waals surface area contributed by atoms with Crippen molar-refractivity contribution in [2.75, 3.05) is 33.3 Å². The van der Waals surface area contributed by atoms with Crippen molar-refractivity contribution in [2.45, 2.75) is 44.6 Å². The van der Waals surface area contributed by atoms with E-state index in [0.717, 1.165) is 6.42 Å². The first-order chi connectivity index (χ1) is 10.2. The van der Waals surface area contributed by atoms with Gasteiger partial charge in [-0.15, -0.1) is 0 Å². The highest BCUT2D eigenvalue weighted by Gasteiger charge is 2.20. The molecular weight excluding hydrogens is 260 g/mol. The fraction of sp³-hybridized carbons (Fsp3) is 0.667. The van der Waals surface area contributed by atoms with E-state index in [4.69, 9.17) is 0 Å². The molecule has 0 saturated carbocycles. The average Bonchev–Trinajstić information content (AvgIpc) is 2.74. The van der Waals surface area contributed by atoms with E-state index < -0.39 is 0 Å². The van der Waals surface area contributed by atoms with Gasteiger partial charge in [0.05, 0.1) is 6.61 Å². The SMILES string of the molecule is CNC(C)(CO)CCCCN1CCc2ccccc2CC1. The van der Waals surface area contributed by atoms with Crippen LogP contribution in [0.5, 0.6) is 0 Å². The Morgan fingerprint density at radius 2 is 1.76 bits per heavy atom. The van der Waals surface area contributed by atoms with Crippen LogP contribution >= 0.6 is 0 Å². The molecular formula is C18H30N2O. The van der Waals surface area contributed by atoms with Gasteiger partial charge in [0.25, 0.3) is 0 Å². The van der Waals surface area contributed by atoms with Crippen molar-refractivity contribution in [3.05, 3.63) is 35.4 Å². The number of nitrogens with zero attached hydrogens (tertiary/aromatic N) is 1.